The lowest BCUT2D eigenvalue weighted by Gasteiger charge is -2.29. The number of aromatic amines is 3. The van der Waals surface area contributed by atoms with E-state index < -0.39 is 0 Å². The predicted molar refractivity (Wildman–Crippen MR) is 125 cm³/mol. The summed E-state index contributed by atoms with van der Waals surface area (Å²) in [5, 5.41) is 3.14. The zero-order chi connectivity index (χ0) is 22.2. The molecule has 3 N–H and O–H groups in total. The molecule has 0 unspecified atom stereocenters. The number of morpholine rings is 1. The van der Waals surface area contributed by atoms with Gasteiger partial charge < -0.3 is 19.6 Å². The third-order valence-electron chi connectivity index (χ3n) is 5.67. The highest BCUT2D eigenvalue weighted by atomic mass is 16.5. The van der Waals surface area contributed by atoms with Gasteiger partial charge in [-0.15, -0.1) is 0 Å². The fraction of sp³-hybridized carbons (Fsp3) is 0.261. The summed E-state index contributed by atoms with van der Waals surface area (Å²) in [6.07, 6.45) is 1.59. The molecule has 1 aliphatic heterocycles. The molecule has 0 amide bonds. The molecule has 2 aromatic carbocycles. The van der Waals surface area contributed by atoms with Gasteiger partial charge in [0.05, 0.1) is 46.9 Å². The van der Waals surface area contributed by atoms with Gasteiger partial charge in [0.2, 0.25) is 0 Å². The Labute approximate surface area is 183 Å². The summed E-state index contributed by atoms with van der Waals surface area (Å²) in [5.41, 5.74) is 5.58. The Kier molecular flexibility index (Phi) is 5.02. The minimum absolute atomic E-state index is 0.166. The zero-order valence-corrected chi connectivity index (χ0v) is 17.9. The van der Waals surface area contributed by atoms with Crippen LogP contribution in [0.25, 0.3) is 16.7 Å². The van der Waals surface area contributed by atoms with Gasteiger partial charge in [0.25, 0.3) is 5.56 Å². The van der Waals surface area contributed by atoms with Crippen LogP contribution in [0.5, 0.6) is 0 Å². The van der Waals surface area contributed by atoms with E-state index in [9.17, 15) is 9.59 Å². The lowest BCUT2D eigenvalue weighted by atomic mass is 10.2. The number of ether oxygens (including phenoxy) is 1. The quantitative estimate of drug-likeness (QED) is 0.430. The van der Waals surface area contributed by atoms with Crippen LogP contribution >= 0.6 is 0 Å². The van der Waals surface area contributed by atoms with Crippen molar-refractivity contribution in [3.05, 3.63) is 74.1 Å². The number of H-pyrrole nitrogens is 3. The van der Waals surface area contributed by atoms with Gasteiger partial charge in [-0.05, 0) is 43.7 Å². The first-order valence-electron chi connectivity index (χ1n) is 10.5. The monoisotopic (exact) mass is 432 g/mol. The molecule has 9 heteroatoms. The summed E-state index contributed by atoms with van der Waals surface area (Å²) in [4.78, 5) is 37.3. The average Bonchev–Trinajstić information content (AvgIpc) is 3.29. The van der Waals surface area contributed by atoms with Crippen LogP contribution in [0.3, 0.4) is 0 Å². The van der Waals surface area contributed by atoms with Gasteiger partial charge in [0.1, 0.15) is 0 Å². The van der Waals surface area contributed by atoms with E-state index in [0.717, 1.165) is 41.2 Å². The van der Waals surface area contributed by atoms with Crippen LogP contribution in [0.1, 0.15) is 16.8 Å². The molecule has 32 heavy (non-hydrogen) atoms. The molecule has 5 rings (SSSR count). The van der Waals surface area contributed by atoms with Crippen molar-refractivity contribution in [2.75, 3.05) is 31.2 Å². The number of nitrogens with one attached hydrogen (secondary N) is 3. The minimum Gasteiger partial charge on any atom is -0.378 e. The fourth-order valence-corrected chi connectivity index (χ4v) is 4.02. The third kappa shape index (κ3) is 3.67. The molecule has 0 aliphatic carbocycles. The van der Waals surface area contributed by atoms with Crippen LogP contribution in [0.4, 0.5) is 11.4 Å². The first kappa shape index (κ1) is 20.1. The van der Waals surface area contributed by atoms with Gasteiger partial charge in [-0.2, -0.15) is 0 Å². The van der Waals surface area contributed by atoms with Gasteiger partial charge in [-0.1, -0.05) is 12.1 Å². The Bertz CT molecular complexity index is 1430. The number of aliphatic imine (C=N–C) groups is 1. The molecule has 9 nitrogen and oxygen atoms in total. The van der Waals surface area contributed by atoms with Crippen molar-refractivity contribution in [3.8, 4) is 5.69 Å². The number of rotatable bonds is 4. The maximum Gasteiger partial charge on any atom is 0.323 e. The van der Waals surface area contributed by atoms with Crippen molar-refractivity contribution >= 4 is 28.6 Å². The standard InChI is InChI=1S/C23H24N6O3/c1-14-4-3-5-16(10-14)29-22(30)17(15(2)27-29)13-24-20-11-18-19(26-23(31)25-18)12-21(20)28-6-8-32-9-7-28/h3-5,10-13,27H,6-9H2,1-2H3,(H2,25,26,31). The molecule has 0 saturated carbocycles. The van der Waals surface area contributed by atoms with Gasteiger partial charge in [0, 0.05) is 25.0 Å². The van der Waals surface area contributed by atoms with E-state index in [1.54, 1.807) is 6.21 Å². The number of hydrogen-bond acceptors (Lipinski definition) is 5. The van der Waals surface area contributed by atoms with E-state index in [1.165, 1.54) is 4.68 Å². The van der Waals surface area contributed by atoms with Gasteiger partial charge >= 0.3 is 5.69 Å². The molecular weight excluding hydrogens is 408 g/mol. The van der Waals surface area contributed by atoms with Crippen LogP contribution < -0.4 is 16.1 Å². The molecule has 4 aromatic rings. The van der Waals surface area contributed by atoms with E-state index in [1.807, 2.05) is 50.2 Å². The molecule has 0 bridgehead atoms. The Hall–Kier alpha value is -3.85. The fourth-order valence-electron chi connectivity index (χ4n) is 4.02. The summed E-state index contributed by atoms with van der Waals surface area (Å²) in [6, 6.07) is 11.5. The lowest BCUT2D eigenvalue weighted by Crippen LogP contribution is -2.36. The van der Waals surface area contributed by atoms with Crippen molar-refractivity contribution in [2.45, 2.75) is 13.8 Å². The molecule has 0 radical (unpaired) electrons. The molecule has 164 valence electrons. The number of hydrogen-bond donors (Lipinski definition) is 3. The summed E-state index contributed by atoms with van der Waals surface area (Å²) >= 11 is 0. The Morgan fingerprint density at radius 1 is 1.03 bits per heavy atom. The number of anilines is 1. The number of nitrogens with zero attached hydrogens (tertiary/aromatic N) is 3. The Morgan fingerprint density at radius 3 is 2.53 bits per heavy atom. The van der Waals surface area contributed by atoms with Crippen molar-refractivity contribution in [2.24, 2.45) is 4.99 Å². The second kappa shape index (κ2) is 8.01. The topological polar surface area (TPSA) is 111 Å². The number of benzene rings is 2. The highest BCUT2D eigenvalue weighted by Gasteiger charge is 2.17. The largest absolute Gasteiger partial charge is 0.378 e. The smallest absolute Gasteiger partial charge is 0.323 e. The number of imidazole rings is 1. The SMILES string of the molecule is Cc1cccc(-n2[nH]c(C)c(C=Nc3cc4[nH]c(=O)[nH]c4cc3N3CCOCC3)c2=O)c1. The summed E-state index contributed by atoms with van der Waals surface area (Å²) in [6.45, 7) is 6.55. The molecular formula is C23H24N6O3. The van der Waals surface area contributed by atoms with Crippen molar-refractivity contribution in [3.63, 3.8) is 0 Å². The van der Waals surface area contributed by atoms with Crippen LogP contribution in [-0.2, 0) is 4.74 Å². The Morgan fingerprint density at radius 2 is 1.78 bits per heavy atom. The van der Waals surface area contributed by atoms with Crippen LogP contribution in [-0.4, -0.2) is 52.3 Å². The molecule has 0 spiro atoms. The van der Waals surface area contributed by atoms with Crippen molar-refractivity contribution < 1.29 is 4.74 Å². The second-order valence-electron chi connectivity index (χ2n) is 7.95. The maximum atomic E-state index is 13.1. The molecule has 1 fully saturated rings. The van der Waals surface area contributed by atoms with Crippen LogP contribution in [0.15, 0.2) is 51.0 Å². The number of aryl methyl sites for hydroxylation is 2. The van der Waals surface area contributed by atoms with Gasteiger partial charge in [-0.3, -0.25) is 14.9 Å². The third-order valence-corrected chi connectivity index (χ3v) is 5.67. The van der Waals surface area contributed by atoms with E-state index in [2.05, 4.69) is 25.0 Å². The van der Waals surface area contributed by atoms with Gasteiger partial charge in [0.15, 0.2) is 0 Å². The Balaban J connectivity index is 1.57. The molecule has 0 atom stereocenters. The van der Waals surface area contributed by atoms with E-state index >= 15 is 0 Å². The first-order valence-corrected chi connectivity index (χ1v) is 10.5. The zero-order valence-electron chi connectivity index (χ0n) is 17.9. The van der Waals surface area contributed by atoms with E-state index in [-0.39, 0.29) is 11.2 Å². The summed E-state index contributed by atoms with van der Waals surface area (Å²) in [5.74, 6) is 0. The van der Waals surface area contributed by atoms with Crippen LogP contribution in [0.2, 0.25) is 0 Å². The van der Waals surface area contributed by atoms with Crippen molar-refractivity contribution in [1.82, 2.24) is 19.7 Å². The molecule has 1 aliphatic rings. The number of fused-ring (bicyclic) bond motifs is 1. The maximum absolute atomic E-state index is 13.1. The number of aromatic nitrogens is 4. The lowest BCUT2D eigenvalue weighted by molar-refractivity contribution is 0.123. The second-order valence-corrected chi connectivity index (χ2v) is 7.95. The summed E-state index contributed by atoms with van der Waals surface area (Å²) in [7, 11) is 0. The highest BCUT2D eigenvalue weighted by Crippen LogP contribution is 2.32. The molecule has 3 heterocycles. The van der Waals surface area contributed by atoms with Crippen molar-refractivity contribution in [1.29, 1.82) is 0 Å². The van der Waals surface area contributed by atoms with Crippen LogP contribution in [0, 0.1) is 13.8 Å². The first-order chi connectivity index (χ1) is 15.5. The van der Waals surface area contributed by atoms with Gasteiger partial charge in [-0.25, -0.2) is 9.48 Å². The minimum atomic E-state index is -0.267. The average molecular weight is 432 g/mol. The highest BCUT2D eigenvalue weighted by molar-refractivity contribution is 5.91. The van der Waals surface area contributed by atoms with E-state index in [4.69, 9.17) is 4.74 Å². The predicted octanol–water partition coefficient (Wildman–Crippen LogP) is 2.54. The normalized spacial score (nSPS) is 14.6. The molecule has 2 aromatic heterocycles. The van der Waals surface area contributed by atoms with E-state index in [0.29, 0.717) is 30.0 Å². The molecule has 1 saturated heterocycles. The summed E-state index contributed by atoms with van der Waals surface area (Å²) < 4.78 is 7.00.